The van der Waals surface area contributed by atoms with E-state index in [0.717, 1.165) is 37.6 Å². The minimum atomic E-state index is -0.783. The highest BCUT2D eigenvalue weighted by atomic mass is 19.1. The van der Waals surface area contributed by atoms with Crippen LogP contribution in [0.25, 0.3) is 0 Å². The van der Waals surface area contributed by atoms with Gasteiger partial charge in [0.15, 0.2) is 0 Å². The highest BCUT2D eigenvalue weighted by Crippen LogP contribution is 2.16. The first kappa shape index (κ1) is 15.0. The maximum Gasteiger partial charge on any atom is 0.266 e. The van der Waals surface area contributed by atoms with Crippen molar-refractivity contribution in [3.63, 3.8) is 0 Å². The first-order valence-electron chi connectivity index (χ1n) is 6.73. The lowest BCUT2D eigenvalue weighted by atomic mass is 10.1. The molecule has 0 bridgehead atoms. The third-order valence-electron chi connectivity index (χ3n) is 3.30. The number of nitrogens with zero attached hydrogens (tertiary/aromatic N) is 2. The van der Waals surface area contributed by atoms with E-state index in [1.807, 2.05) is 6.07 Å². The van der Waals surface area contributed by atoms with Gasteiger partial charge in [-0.3, -0.25) is 4.79 Å². The van der Waals surface area contributed by atoms with E-state index in [2.05, 4.69) is 5.32 Å². The lowest BCUT2D eigenvalue weighted by molar-refractivity contribution is -0.127. The van der Waals surface area contributed by atoms with Crippen LogP contribution >= 0.6 is 0 Å². The van der Waals surface area contributed by atoms with E-state index in [4.69, 9.17) is 5.26 Å². The largest absolute Gasteiger partial charge is 0.358 e. The van der Waals surface area contributed by atoms with E-state index >= 15 is 0 Å². The van der Waals surface area contributed by atoms with E-state index in [-0.39, 0.29) is 17.2 Å². The molecule has 1 saturated heterocycles. The summed E-state index contributed by atoms with van der Waals surface area (Å²) in [4.78, 5) is 13.7. The minimum absolute atomic E-state index is 0.00981. The van der Waals surface area contributed by atoms with Crippen LogP contribution in [0.1, 0.15) is 19.3 Å². The molecule has 1 aromatic rings. The van der Waals surface area contributed by atoms with Gasteiger partial charge in [-0.2, -0.15) is 5.26 Å². The fraction of sp³-hybridized carbons (Fsp3) is 0.333. The van der Waals surface area contributed by atoms with Gasteiger partial charge in [0.1, 0.15) is 23.3 Å². The molecule has 1 aliphatic heterocycles. The second-order valence-corrected chi connectivity index (χ2v) is 4.79. The zero-order valence-electron chi connectivity index (χ0n) is 11.4. The predicted molar refractivity (Wildman–Crippen MR) is 74.1 cm³/mol. The van der Waals surface area contributed by atoms with Crippen LogP contribution in [0.2, 0.25) is 0 Å². The van der Waals surface area contributed by atoms with Crippen LogP contribution in [0.5, 0.6) is 0 Å². The summed E-state index contributed by atoms with van der Waals surface area (Å²) >= 11 is 0. The molecule has 1 aromatic carbocycles. The van der Waals surface area contributed by atoms with Gasteiger partial charge < -0.3 is 10.2 Å². The number of rotatable bonds is 3. The maximum atomic E-state index is 13.5. The van der Waals surface area contributed by atoms with Crippen molar-refractivity contribution in [3.8, 4) is 6.07 Å². The van der Waals surface area contributed by atoms with Crippen molar-refractivity contribution in [3.05, 3.63) is 41.6 Å². The predicted octanol–water partition coefficient (Wildman–Crippen LogP) is 2.80. The van der Waals surface area contributed by atoms with Gasteiger partial charge in [-0.05, 0) is 31.4 Å². The summed E-state index contributed by atoms with van der Waals surface area (Å²) in [5, 5.41) is 11.6. The van der Waals surface area contributed by atoms with E-state index in [1.165, 1.54) is 6.07 Å². The average molecular weight is 291 g/mol. The molecule has 0 unspecified atom stereocenters. The third kappa shape index (κ3) is 3.78. The normalized spacial score (nSPS) is 15.5. The number of benzene rings is 1. The van der Waals surface area contributed by atoms with E-state index in [0.29, 0.717) is 13.1 Å². The fourth-order valence-corrected chi connectivity index (χ4v) is 2.17. The number of nitrogens with one attached hydrogen (secondary N) is 1. The number of likely N-dealkylation sites (tertiary alicyclic amines) is 1. The summed E-state index contributed by atoms with van der Waals surface area (Å²) < 4.78 is 26.2. The van der Waals surface area contributed by atoms with E-state index < -0.39 is 11.6 Å². The Morgan fingerprint density at radius 3 is 2.62 bits per heavy atom. The topological polar surface area (TPSA) is 56.1 Å². The van der Waals surface area contributed by atoms with Crippen LogP contribution < -0.4 is 5.32 Å². The Morgan fingerprint density at radius 1 is 1.29 bits per heavy atom. The van der Waals surface area contributed by atoms with Crippen molar-refractivity contribution in [2.45, 2.75) is 19.3 Å². The number of carbonyl (C=O) groups is 1. The summed E-state index contributed by atoms with van der Waals surface area (Å²) in [7, 11) is 0. The SMILES string of the molecule is N#C/C(=C/Nc1ccc(F)cc1F)C(=O)N1CCCCC1. The monoisotopic (exact) mass is 291 g/mol. The van der Waals surface area contributed by atoms with Gasteiger partial charge in [0.25, 0.3) is 5.91 Å². The van der Waals surface area contributed by atoms with Gasteiger partial charge in [0.05, 0.1) is 5.69 Å². The number of piperidine rings is 1. The molecule has 0 saturated carbocycles. The molecule has 1 fully saturated rings. The second kappa shape index (κ2) is 6.84. The van der Waals surface area contributed by atoms with E-state index in [1.54, 1.807) is 4.90 Å². The molecular formula is C15H15F2N3O. The number of hydrogen-bond donors (Lipinski definition) is 1. The maximum absolute atomic E-state index is 13.5. The van der Waals surface area contributed by atoms with Crippen molar-refractivity contribution in [2.24, 2.45) is 0 Å². The molecule has 0 spiro atoms. The van der Waals surface area contributed by atoms with Crippen molar-refractivity contribution < 1.29 is 13.6 Å². The van der Waals surface area contributed by atoms with Gasteiger partial charge in [-0.15, -0.1) is 0 Å². The minimum Gasteiger partial charge on any atom is -0.358 e. The Kier molecular flexibility index (Phi) is 4.88. The summed E-state index contributed by atoms with van der Waals surface area (Å²) in [5.74, 6) is -1.84. The number of amides is 1. The zero-order chi connectivity index (χ0) is 15.2. The number of halogens is 2. The van der Waals surface area contributed by atoms with Gasteiger partial charge >= 0.3 is 0 Å². The number of carbonyl (C=O) groups excluding carboxylic acids is 1. The molecule has 110 valence electrons. The highest BCUT2D eigenvalue weighted by molar-refractivity contribution is 5.97. The Labute approximate surface area is 121 Å². The molecule has 4 nitrogen and oxygen atoms in total. The lowest BCUT2D eigenvalue weighted by Gasteiger charge is -2.26. The lowest BCUT2D eigenvalue weighted by Crippen LogP contribution is -2.36. The van der Waals surface area contributed by atoms with Crippen molar-refractivity contribution in [1.82, 2.24) is 4.90 Å². The summed E-state index contributed by atoms with van der Waals surface area (Å²) in [6, 6.07) is 4.85. The van der Waals surface area contributed by atoms with Crippen LogP contribution in [-0.4, -0.2) is 23.9 Å². The first-order valence-corrected chi connectivity index (χ1v) is 6.73. The summed E-state index contributed by atoms with van der Waals surface area (Å²) in [6.45, 7) is 1.26. The molecule has 0 aromatic heterocycles. The Bertz CT molecular complexity index is 601. The van der Waals surface area contributed by atoms with Gasteiger partial charge in [-0.25, -0.2) is 8.78 Å². The van der Waals surface area contributed by atoms with Crippen LogP contribution in [0.3, 0.4) is 0 Å². The molecule has 0 atom stereocenters. The Balaban J connectivity index is 2.09. The second-order valence-electron chi connectivity index (χ2n) is 4.79. The number of nitriles is 1. The molecular weight excluding hydrogens is 276 g/mol. The van der Waals surface area contributed by atoms with Gasteiger partial charge in [0.2, 0.25) is 0 Å². The van der Waals surface area contributed by atoms with Crippen LogP contribution in [0.4, 0.5) is 14.5 Å². The van der Waals surface area contributed by atoms with Crippen LogP contribution in [0, 0.1) is 23.0 Å². The summed E-state index contributed by atoms with van der Waals surface area (Å²) in [6.07, 6.45) is 4.08. The van der Waals surface area contributed by atoms with Crippen molar-refractivity contribution >= 4 is 11.6 Å². The summed E-state index contributed by atoms with van der Waals surface area (Å²) in [5.41, 5.74) is -0.0868. The van der Waals surface area contributed by atoms with Gasteiger partial charge in [-0.1, -0.05) is 0 Å². The number of hydrogen-bond acceptors (Lipinski definition) is 3. The highest BCUT2D eigenvalue weighted by Gasteiger charge is 2.20. The Morgan fingerprint density at radius 2 is 2.00 bits per heavy atom. The van der Waals surface area contributed by atoms with E-state index in [9.17, 15) is 13.6 Å². The van der Waals surface area contributed by atoms with Crippen molar-refractivity contribution in [2.75, 3.05) is 18.4 Å². The molecule has 1 heterocycles. The fourth-order valence-electron chi connectivity index (χ4n) is 2.17. The van der Waals surface area contributed by atoms with Crippen molar-refractivity contribution in [1.29, 1.82) is 5.26 Å². The molecule has 6 heteroatoms. The Hall–Kier alpha value is -2.42. The molecule has 0 aliphatic carbocycles. The first-order chi connectivity index (χ1) is 10.1. The third-order valence-corrected chi connectivity index (χ3v) is 3.30. The molecule has 1 aliphatic rings. The molecule has 1 amide bonds. The van der Waals surface area contributed by atoms with Crippen LogP contribution in [-0.2, 0) is 4.79 Å². The zero-order valence-corrected chi connectivity index (χ0v) is 11.4. The molecule has 2 rings (SSSR count). The van der Waals surface area contributed by atoms with Gasteiger partial charge in [0, 0.05) is 25.4 Å². The standard InChI is InChI=1S/C15H15F2N3O/c16-12-4-5-14(13(17)8-12)19-10-11(9-18)15(21)20-6-2-1-3-7-20/h4-5,8,10,19H,1-3,6-7H2/b11-10-. The van der Waals surface area contributed by atoms with Crippen LogP contribution in [0.15, 0.2) is 30.0 Å². The molecule has 0 radical (unpaired) electrons. The smallest absolute Gasteiger partial charge is 0.266 e. The molecule has 1 N–H and O–H groups in total. The average Bonchev–Trinajstić information content (AvgIpc) is 2.50. The number of anilines is 1. The quantitative estimate of drug-likeness (QED) is 0.688. The molecule has 21 heavy (non-hydrogen) atoms.